The Hall–Kier alpha value is -1.47. The Labute approximate surface area is 101 Å². The molecule has 17 heavy (non-hydrogen) atoms. The van der Waals surface area contributed by atoms with Gasteiger partial charge < -0.3 is 15.8 Å². The van der Waals surface area contributed by atoms with Gasteiger partial charge in [-0.15, -0.1) is 0 Å². The summed E-state index contributed by atoms with van der Waals surface area (Å²) < 4.78 is 29.7. The number of ether oxygens (including phenoxy) is 1. The van der Waals surface area contributed by atoms with Gasteiger partial charge >= 0.3 is 0 Å². The van der Waals surface area contributed by atoms with Gasteiger partial charge in [-0.1, -0.05) is 0 Å². The van der Waals surface area contributed by atoms with Crippen LogP contribution in [0.15, 0.2) is 18.2 Å². The molecule has 0 aromatic heterocycles. The van der Waals surface area contributed by atoms with Gasteiger partial charge in [0.05, 0.1) is 24.2 Å². The van der Waals surface area contributed by atoms with Crippen molar-refractivity contribution in [2.24, 2.45) is 0 Å². The van der Waals surface area contributed by atoms with Crippen LogP contribution in [-0.2, 0) is 10.0 Å². The predicted octanol–water partition coefficient (Wildman–Crippen LogP) is 0.238. The van der Waals surface area contributed by atoms with Gasteiger partial charge in [0.1, 0.15) is 5.75 Å². The van der Waals surface area contributed by atoms with Gasteiger partial charge in [0, 0.05) is 12.6 Å². The Bertz CT molecular complexity index is 474. The molecule has 0 aliphatic heterocycles. The van der Waals surface area contributed by atoms with Crippen LogP contribution in [0.3, 0.4) is 0 Å². The van der Waals surface area contributed by atoms with Crippen LogP contribution in [0.25, 0.3) is 0 Å². The van der Waals surface area contributed by atoms with E-state index >= 15 is 0 Å². The number of benzene rings is 1. The Morgan fingerprint density at radius 1 is 1.41 bits per heavy atom. The molecule has 0 fully saturated rings. The van der Waals surface area contributed by atoms with Crippen molar-refractivity contribution >= 4 is 21.4 Å². The average Bonchev–Trinajstić information content (AvgIpc) is 2.31. The van der Waals surface area contributed by atoms with E-state index in [1.54, 1.807) is 25.3 Å². The van der Waals surface area contributed by atoms with Crippen molar-refractivity contribution in [2.45, 2.75) is 0 Å². The summed E-state index contributed by atoms with van der Waals surface area (Å²) in [6, 6.07) is 5.17. The molecular formula is C10H17N3O3S. The van der Waals surface area contributed by atoms with Gasteiger partial charge in [0.25, 0.3) is 0 Å². The van der Waals surface area contributed by atoms with E-state index in [1.807, 2.05) is 0 Å². The van der Waals surface area contributed by atoms with Crippen molar-refractivity contribution in [3.63, 3.8) is 0 Å². The quantitative estimate of drug-likeness (QED) is 0.636. The SMILES string of the molecule is CNS(=O)(=O)CCNc1cc(OC)ccc1N. The maximum atomic E-state index is 11.2. The van der Waals surface area contributed by atoms with Gasteiger partial charge in [-0.05, 0) is 19.2 Å². The lowest BCUT2D eigenvalue weighted by atomic mass is 10.2. The Morgan fingerprint density at radius 2 is 2.12 bits per heavy atom. The molecule has 0 radical (unpaired) electrons. The standard InChI is InChI=1S/C10H17N3O3S/c1-12-17(14,15)6-5-13-10-7-8(16-2)3-4-9(10)11/h3-4,7,12-13H,5-6,11H2,1-2H3. The monoisotopic (exact) mass is 259 g/mol. The molecule has 0 heterocycles. The molecule has 0 saturated heterocycles. The maximum Gasteiger partial charge on any atom is 0.213 e. The second-order valence-electron chi connectivity index (χ2n) is 3.40. The molecule has 0 spiro atoms. The zero-order chi connectivity index (χ0) is 12.9. The lowest BCUT2D eigenvalue weighted by Crippen LogP contribution is -2.26. The number of nitrogens with one attached hydrogen (secondary N) is 2. The lowest BCUT2D eigenvalue weighted by Gasteiger charge is -2.10. The minimum atomic E-state index is -3.20. The van der Waals surface area contributed by atoms with Crippen molar-refractivity contribution < 1.29 is 13.2 Å². The molecule has 0 amide bonds. The highest BCUT2D eigenvalue weighted by Crippen LogP contribution is 2.23. The molecule has 0 aliphatic rings. The summed E-state index contributed by atoms with van der Waals surface area (Å²) in [7, 11) is -0.262. The largest absolute Gasteiger partial charge is 0.497 e. The fourth-order valence-corrected chi connectivity index (χ4v) is 1.81. The highest BCUT2D eigenvalue weighted by molar-refractivity contribution is 7.89. The van der Waals surface area contributed by atoms with Crippen molar-refractivity contribution in [3.05, 3.63) is 18.2 Å². The number of hydrogen-bond donors (Lipinski definition) is 3. The molecule has 0 unspecified atom stereocenters. The third-order valence-electron chi connectivity index (χ3n) is 2.26. The number of sulfonamides is 1. The normalized spacial score (nSPS) is 11.2. The molecule has 1 rings (SSSR count). The van der Waals surface area contributed by atoms with E-state index in [4.69, 9.17) is 10.5 Å². The first-order chi connectivity index (χ1) is 7.98. The summed E-state index contributed by atoms with van der Waals surface area (Å²) in [4.78, 5) is 0. The molecular weight excluding hydrogens is 242 g/mol. The summed E-state index contributed by atoms with van der Waals surface area (Å²) in [5.74, 6) is 0.651. The number of nitrogen functional groups attached to an aromatic ring is 1. The number of methoxy groups -OCH3 is 1. The van der Waals surface area contributed by atoms with Crippen molar-refractivity contribution in [1.29, 1.82) is 0 Å². The molecule has 0 aliphatic carbocycles. The van der Waals surface area contributed by atoms with E-state index in [0.29, 0.717) is 17.1 Å². The van der Waals surface area contributed by atoms with Crippen LogP contribution >= 0.6 is 0 Å². The fourth-order valence-electron chi connectivity index (χ4n) is 1.24. The Kier molecular flexibility index (Phi) is 4.59. The topological polar surface area (TPSA) is 93.5 Å². The van der Waals surface area contributed by atoms with Gasteiger partial charge in [0.2, 0.25) is 10.0 Å². The van der Waals surface area contributed by atoms with E-state index < -0.39 is 10.0 Å². The fraction of sp³-hybridized carbons (Fsp3) is 0.400. The minimum absolute atomic E-state index is 0.0137. The van der Waals surface area contributed by atoms with Crippen LogP contribution in [0, 0.1) is 0 Å². The third kappa shape index (κ3) is 4.12. The molecule has 7 heteroatoms. The molecule has 1 aromatic carbocycles. The van der Waals surface area contributed by atoms with Crippen LogP contribution in [0.5, 0.6) is 5.75 Å². The first-order valence-electron chi connectivity index (χ1n) is 5.07. The molecule has 6 nitrogen and oxygen atoms in total. The zero-order valence-corrected chi connectivity index (χ0v) is 10.7. The lowest BCUT2D eigenvalue weighted by molar-refractivity contribution is 0.415. The predicted molar refractivity (Wildman–Crippen MR) is 68.7 cm³/mol. The smallest absolute Gasteiger partial charge is 0.213 e. The Balaban J connectivity index is 2.63. The van der Waals surface area contributed by atoms with Crippen LogP contribution in [0.2, 0.25) is 0 Å². The summed E-state index contributed by atoms with van der Waals surface area (Å²) >= 11 is 0. The number of nitrogens with two attached hydrogens (primary N) is 1. The summed E-state index contributed by atoms with van der Waals surface area (Å²) in [5, 5.41) is 2.95. The zero-order valence-electron chi connectivity index (χ0n) is 9.86. The molecule has 0 saturated carbocycles. The van der Waals surface area contributed by atoms with E-state index in [1.165, 1.54) is 7.05 Å². The number of hydrogen-bond acceptors (Lipinski definition) is 5. The first kappa shape index (κ1) is 13.6. The van der Waals surface area contributed by atoms with Crippen molar-refractivity contribution in [1.82, 2.24) is 4.72 Å². The van der Waals surface area contributed by atoms with E-state index in [0.717, 1.165) is 0 Å². The van der Waals surface area contributed by atoms with Crippen LogP contribution in [0.1, 0.15) is 0 Å². The molecule has 0 atom stereocenters. The minimum Gasteiger partial charge on any atom is -0.497 e. The Morgan fingerprint density at radius 3 is 2.71 bits per heavy atom. The molecule has 96 valence electrons. The van der Waals surface area contributed by atoms with Crippen LogP contribution in [-0.4, -0.2) is 34.9 Å². The van der Waals surface area contributed by atoms with Gasteiger partial charge in [-0.25, -0.2) is 13.1 Å². The highest BCUT2D eigenvalue weighted by atomic mass is 32.2. The molecule has 1 aromatic rings. The summed E-state index contributed by atoms with van der Waals surface area (Å²) in [6.07, 6.45) is 0. The van der Waals surface area contributed by atoms with Crippen LogP contribution < -0.4 is 20.5 Å². The second kappa shape index (κ2) is 5.74. The van der Waals surface area contributed by atoms with Gasteiger partial charge in [-0.3, -0.25) is 0 Å². The maximum absolute atomic E-state index is 11.2. The van der Waals surface area contributed by atoms with Crippen molar-refractivity contribution in [2.75, 3.05) is 37.5 Å². The highest BCUT2D eigenvalue weighted by Gasteiger charge is 2.07. The van der Waals surface area contributed by atoms with E-state index in [9.17, 15) is 8.42 Å². The molecule has 4 N–H and O–H groups in total. The van der Waals surface area contributed by atoms with Gasteiger partial charge in [0.15, 0.2) is 0 Å². The number of rotatable bonds is 6. The third-order valence-corrected chi connectivity index (χ3v) is 3.62. The van der Waals surface area contributed by atoms with E-state index in [-0.39, 0.29) is 12.3 Å². The number of anilines is 2. The van der Waals surface area contributed by atoms with Gasteiger partial charge in [-0.2, -0.15) is 0 Å². The first-order valence-corrected chi connectivity index (χ1v) is 6.72. The van der Waals surface area contributed by atoms with E-state index in [2.05, 4.69) is 10.0 Å². The van der Waals surface area contributed by atoms with Crippen molar-refractivity contribution in [3.8, 4) is 5.75 Å². The second-order valence-corrected chi connectivity index (χ2v) is 5.45. The average molecular weight is 259 g/mol. The summed E-state index contributed by atoms with van der Waals surface area (Å²) in [6.45, 7) is 0.278. The summed E-state index contributed by atoms with van der Waals surface area (Å²) in [5.41, 5.74) is 6.95. The van der Waals surface area contributed by atoms with Crippen LogP contribution in [0.4, 0.5) is 11.4 Å². The molecule has 0 bridgehead atoms.